The van der Waals surface area contributed by atoms with E-state index in [2.05, 4.69) is 5.32 Å². The van der Waals surface area contributed by atoms with Crippen molar-refractivity contribution in [2.45, 2.75) is 66.5 Å². The number of alkyl halides is 3. The third-order valence-corrected chi connectivity index (χ3v) is 5.65. The van der Waals surface area contributed by atoms with Crippen molar-refractivity contribution in [2.24, 2.45) is 5.92 Å². The summed E-state index contributed by atoms with van der Waals surface area (Å²) in [5.41, 5.74) is -1.55. The molecule has 1 saturated carbocycles. The number of hydrogen-bond donors (Lipinski definition) is 1. The van der Waals surface area contributed by atoms with Crippen LogP contribution in [-0.2, 0) is 23.8 Å². The number of epoxide rings is 1. The Morgan fingerprint density at radius 3 is 2.38 bits per heavy atom. The predicted molar refractivity (Wildman–Crippen MR) is 88.1 cm³/mol. The SMILES string of the molecule is CC1(C)OC[C@H]([C@H]2C[C@]3(C)O[C@@H]3C[C@]2(C=O)NC(=O)C(Cl)(Cl)Cl)O1. The van der Waals surface area contributed by atoms with Gasteiger partial charge in [-0.2, -0.15) is 0 Å². The Bertz CT molecular complexity index is 566. The lowest BCUT2D eigenvalue weighted by Gasteiger charge is -2.43. The van der Waals surface area contributed by atoms with Gasteiger partial charge in [0.1, 0.15) is 11.8 Å². The largest absolute Gasteiger partial charge is 0.366 e. The van der Waals surface area contributed by atoms with E-state index >= 15 is 0 Å². The fourth-order valence-electron chi connectivity index (χ4n) is 3.77. The number of fused-ring (bicyclic) bond motifs is 1. The van der Waals surface area contributed by atoms with Crippen molar-refractivity contribution in [1.29, 1.82) is 0 Å². The first kappa shape index (κ1) is 18.7. The minimum atomic E-state index is -2.15. The molecule has 0 radical (unpaired) electrons. The highest BCUT2D eigenvalue weighted by molar-refractivity contribution is 6.76. The highest BCUT2D eigenvalue weighted by Gasteiger charge is 2.66. The molecule has 0 spiro atoms. The number of rotatable bonds is 3. The molecule has 2 aliphatic heterocycles. The third kappa shape index (κ3) is 3.29. The summed E-state index contributed by atoms with van der Waals surface area (Å²) in [5, 5.41) is 2.63. The van der Waals surface area contributed by atoms with Crippen LogP contribution in [0.5, 0.6) is 0 Å². The van der Waals surface area contributed by atoms with Crippen LogP contribution in [0.2, 0.25) is 0 Å². The molecule has 0 aromatic heterocycles. The summed E-state index contributed by atoms with van der Waals surface area (Å²) >= 11 is 17.0. The van der Waals surface area contributed by atoms with E-state index in [1.165, 1.54) is 0 Å². The summed E-state index contributed by atoms with van der Waals surface area (Å²) in [6.07, 6.45) is 1.07. The van der Waals surface area contributed by atoms with Crippen molar-refractivity contribution in [2.75, 3.05) is 6.61 Å². The molecule has 6 nitrogen and oxygen atoms in total. The molecule has 0 bridgehead atoms. The summed E-state index contributed by atoms with van der Waals surface area (Å²) in [7, 11) is 0. The second kappa shape index (κ2) is 5.69. The second-order valence-corrected chi connectivity index (χ2v) is 9.69. The highest BCUT2D eigenvalue weighted by atomic mass is 35.6. The first-order chi connectivity index (χ1) is 10.9. The zero-order valence-electron chi connectivity index (χ0n) is 13.6. The molecule has 1 N–H and O–H groups in total. The third-order valence-electron chi connectivity index (χ3n) is 5.14. The fourth-order valence-corrected chi connectivity index (χ4v) is 3.91. The maximum atomic E-state index is 12.2. The van der Waals surface area contributed by atoms with E-state index in [-0.39, 0.29) is 23.7 Å². The van der Waals surface area contributed by atoms with Crippen molar-refractivity contribution in [3.63, 3.8) is 0 Å². The summed E-state index contributed by atoms with van der Waals surface area (Å²) in [6, 6.07) is 0. The Hall–Kier alpha value is -0.110. The van der Waals surface area contributed by atoms with Gasteiger partial charge in [0.05, 0.1) is 24.4 Å². The van der Waals surface area contributed by atoms with Gasteiger partial charge in [-0.3, -0.25) is 4.79 Å². The molecule has 3 aliphatic rings. The molecule has 0 aromatic rings. The van der Waals surface area contributed by atoms with Crippen molar-refractivity contribution in [3.05, 3.63) is 0 Å². The molecule has 1 aliphatic carbocycles. The van der Waals surface area contributed by atoms with Crippen LogP contribution in [0, 0.1) is 5.92 Å². The van der Waals surface area contributed by atoms with Crippen molar-refractivity contribution < 1.29 is 23.8 Å². The molecule has 2 heterocycles. The standard InChI is InChI=1S/C15H20Cl3NO5/c1-12(2)22-6-9(23-12)8-4-13(3)10(24-13)5-14(8,7-20)19-11(21)15(16,17)18/h7-10H,4-6H2,1-3H3,(H,19,21)/t8-,9-,10-,13+,14-/m1/s1. The van der Waals surface area contributed by atoms with Gasteiger partial charge in [0.15, 0.2) is 5.79 Å². The van der Waals surface area contributed by atoms with E-state index in [9.17, 15) is 9.59 Å². The van der Waals surface area contributed by atoms with Gasteiger partial charge in [-0.15, -0.1) is 0 Å². The molecule has 5 atom stereocenters. The Labute approximate surface area is 155 Å². The number of nitrogens with one attached hydrogen (secondary N) is 1. The number of halogens is 3. The number of ether oxygens (including phenoxy) is 3. The van der Waals surface area contributed by atoms with E-state index in [0.29, 0.717) is 25.7 Å². The molecule has 0 unspecified atom stereocenters. The van der Waals surface area contributed by atoms with Crippen LogP contribution in [0.3, 0.4) is 0 Å². The maximum absolute atomic E-state index is 12.2. The first-order valence-electron chi connectivity index (χ1n) is 7.76. The average molecular weight is 401 g/mol. The van der Waals surface area contributed by atoms with Crippen LogP contribution in [-0.4, -0.2) is 51.7 Å². The number of hydrogen-bond acceptors (Lipinski definition) is 5. The lowest BCUT2D eigenvalue weighted by molar-refractivity contribution is -0.154. The highest BCUT2D eigenvalue weighted by Crippen LogP contribution is 2.54. The second-order valence-electron chi connectivity index (χ2n) is 7.41. The smallest absolute Gasteiger partial charge is 0.272 e. The normalized spacial score (nSPS) is 43.8. The molecule has 24 heavy (non-hydrogen) atoms. The maximum Gasteiger partial charge on any atom is 0.272 e. The Balaban J connectivity index is 1.89. The van der Waals surface area contributed by atoms with E-state index in [1.54, 1.807) is 13.8 Å². The van der Waals surface area contributed by atoms with Crippen LogP contribution in [0.25, 0.3) is 0 Å². The molecule has 136 valence electrons. The molecular formula is C15H20Cl3NO5. The van der Waals surface area contributed by atoms with Crippen LogP contribution >= 0.6 is 34.8 Å². The topological polar surface area (TPSA) is 77.2 Å². The number of carbonyl (C=O) groups is 2. The summed E-state index contributed by atoms with van der Waals surface area (Å²) in [4.78, 5) is 24.3. The van der Waals surface area contributed by atoms with Gasteiger partial charge in [-0.05, 0) is 27.2 Å². The zero-order valence-corrected chi connectivity index (χ0v) is 15.9. The molecule has 2 saturated heterocycles. The predicted octanol–water partition coefficient (Wildman–Crippen LogP) is 2.13. The quantitative estimate of drug-likeness (QED) is 0.446. The number of aldehydes is 1. The zero-order chi connectivity index (χ0) is 18.0. The van der Waals surface area contributed by atoms with E-state index in [1.807, 2.05) is 6.92 Å². The van der Waals surface area contributed by atoms with Crippen LogP contribution < -0.4 is 5.32 Å². The summed E-state index contributed by atoms with van der Waals surface area (Å²) in [6.45, 7) is 5.90. The Morgan fingerprint density at radius 1 is 1.21 bits per heavy atom. The number of carbonyl (C=O) groups excluding carboxylic acids is 2. The molecule has 1 amide bonds. The summed E-state index contributed by atoms with van der Waals surface area (Å²) < 4.78 is 15.1. The number of amides is 1. The van der Waals surface area contributed by atoms with E-state index < -0.39 is 21.0 Å². The van der Waals surface area contributed by atoms with Crippen LogP contribution in [0.15, 0.2) is 0 Å². The van der Waals surface area contributed by atoms with Crippen molar-refractivity contribution in [3.8, 4) is 0 Å². The van der Waals surface area contributed by atoms with Gasteiger partial charge in [0, 0.05) is 12.3 Å². The van der Waals surface area contributed by atoms with Crippen molar-refractivity contribution >= 4 is 47.0 Å². The lowest BCUT2D eigenvalue weighted by atomic mass is 9.67. The van der Waals surface area contributed by atoms with Gasteiger partial charge in [0.25, 0.3) is 9.70 Å². The van der Waals surface area contributed by atoms with Gasteiger partial charge in [-0.25, -0.2) is 0 Å². The lowest BCUT2D eigenvalue weighted by Crippen LogP contribution is -2.64. The molecular weight excluding hydrogens is 381 g/mol. The van der Waals surface area contributed by atoms with Crippen molar-refractivity contribution in [1.82, 2.24) is 5.32 Å². The minimum absolute atomic E-state index is 0.120. The minimum Gasteiger partial charge on any atom is -0.366 e. The molecule has 3 rings (SSSR count). The average Bonchev–Trinajstić information content (AvgIpc) is 2.96. The fraction of sp³-hybridized carbons (Fsp3) is 0.867. The van der Waals surface area contributed by atoms with Crippen LogP contribution in [0.4, 0.5) is 0 Å². The van der Waals surface area contributed by atoms with Gasteiger partial charge < -0.3 is 24.3 Å². The van der Waals surface area contributed by atoms with E-state index in [0.717, 1.165) is 0 Å². The molecule has 0 aromatic carbocycles. The Kier molecular flexibility index (Phi) is 4.43. The van der Waals surface area contributed by atoms with Crippen LogP contribution in [0.1, 0.15) is 33.6 Å². The molecule has 9 heteroatoms. The first-order valence-corrected chi connectivity index (χ1v) is 8.89. The summed E-state index contributed by atoms with van der Waals surface area (Å²) in [5.74, 6) is -1.94. The Morgan fingerprint density at radius 2 is 1.88 bits per heavy atom. The monoisotopic (exact) mass is 399 g/mol. The molecule has 3 fully saturated rings. The van der Waals surface area contributed by atoms with Gasteiger partial charge in [0.2, 0.25) is 0 Å². The van der Waals surface area contributed by atoms with E-state index in [4.69, 9.17) is 49.0 Å². The van der Waals surface area contributed by atoms with Gasteiger partial charge >= 0.3 is 0 Å². The van der Waals surface area contributed by atoms with Gasteiger partial charge in [-0.1, -0.05) is 34.8 Å².